The number of carbonyl (C=O) groups excluding carboxylic acids is 1. The minimum absolute atomic E-state index is 0.0374. The lowest BCUT2D eigenvalue weighted by Crippen LogP contribution is -2.13. The molecule has 0 aliphatic rings. The van der Waals surface area contributed by atoms with E-state index < -0.39 is 16.6 Å². The van der Waals surface area contributed by atoms with Gasteiger partial charge in [0.2, 0.25) is 5.91 Å². The zero-order valence-corrected chi connectivity index (χ0v) is 19.6. The van der Waals surface area contributed by atoms with Crippen LogP contribution in [0.5, 0.6) is 5.75 Å². The number of sulfonamides is 1. The number of amides is 1. The van der Waals surface area contributed by atoms with Crippen molar-refractivity contribution in [1.82, 2.24) is 9.97 Å². The van der Waals surface area contributed by atoms with Crippen LogP contribution in [0.3, 0.4) is 0 Å². The van der Waals surface area contributed by atoms with Crippen LogP contribution in [-0.2, 0) is 14.8 Å². The summed E-state index contributed by atoms with van der Waals surface area (Å²) in [5, 5.41) is 3.03. The van der Waals surface area contributed by atoms with Crippen molar-refractivity contribution >= 4 is 59.9 Å². The van der Waals surface area contributed by atoms with E-state index in [2.05, 4.69) is 24.7 Å². The van der Waals surface area contributed by atoms with E-state index in [0.29, 0.717) is 16.2 Å². The number of rotatable bonds is 7. The Balaban J connectivity index is 1.61. The third-order valence-electron chi connectivity index (χ3n) is 4.45. The number of anilines is 2. The summed E-state index contributed by atoms with van der Waals surface area (Å²) in [5.74, 6) is -0.398. The lowest BCUT2D eigenvalue weighted by molar-refractivity contribution is -0.114. The highest BCUT2D eigenvalue weighted by Gasteiger charge is 2.18. The highest BCUT2D eigenvalue weighted by atomic mass is 35.5. The minimum Gasteiger partial charge on any atom is -0.435 e. The van der Waals surface area contributed by atoms with E-state index in [-0.39, 0.29) is 27.4 Å². The number of halogens is 3. The van der Waals surface area contributed by atoms with Crippen molar-refractivity contribution in [3.63, 3.8) is 0 Å². The molecule has 0 bridgehead atoms. The Morgan fingerprint density at radius 2 is 1.85 bits per heavy atom. The molecule has 2 aromatic carbocycles. The summed E-state index contributed by atoms with van der Waals surface area (Å²) in [6, 6.07) is 11.4. The Morgan fingerprint density at radius 1 is 1.12 bits per heavy atom. The molecule has 0 unspecified atom stereocenters. The van der Waals surface area contributed by atoms with Gasteiger partial charge in [0, 0.05) is 18.7 Å². The number of hydrogen-bond acceptors (Lipinski definition) is 7. The molecule has 1 amide bonds. The third-order valence-corrected chi connectivity index (χ3v) is 7.06. The molecule has 0 atom stereocenters. The molecule has 0 spiro atoms. The van der Waals surface area contributed by atoms with Crippen molar-refractivity contribution in [3.8, 4) is 16.9 Å². The number of fused-ring (bicyclic) bond motifs is 1. The molecule has 2 heterocycles. The van der Waals surface area contributed by atoms with Gasteiger partial charge < -0.3 is 10.1 Å². The van der Waals surface area contributed by atoms with Crippen molar-refractivity contribution in [1.29, 1.82) is 0 Å². The van der Waals surface area contributed by atoms with Gasteiger partial charge in [0.1, 0.15) is 5.75 Å². The standard InChI is InChI=1S/C21H15ClF2N4O4S2/c1-11(29)26-21-27-16-7-2-12(9-18(16)33-21)13-8-17(19(22)25-10-13)28-34(30,31)15-5-3-14(4-6-15)32-20(23)24/h2-10,20,28H,1H3,(H,26,27,29). The Bertz CT molecular complexity index is 1480. The fourth-order valence-electron chi connectivity index (χ4n) is 2.99. The van der Waals surface area contributed by atoms with Crippen LogP contribution in [0.4, 0.5) is 19.6 Å². The summed E-state index contributed by atoms with van der Waals surface area (Å²) in [7, 11) is -4.09. The molecule has 4 aromatic rings. The molecular weight excluding hydrogens is 510 g/mol. The Morgan fingerprint density at radius 3 is 2.53 bits per heavy atom. The number of alkyl halides is 2. The largest absolute Gasteiger partial charge is 0.435 e. The topological polar surface area (TPSA) is 110 Å². The molecule has 0 aliphatic heterocycles. The van der Waals surface area contributed by atoms with Crippen LogP contribution >= 0.6 is 22.9 Å². The Hall–Kier alpha value is -3.35. The molecule has 176 valence electrons. The smallest absolute Gasteiger partial charge is 0.387 e. The molecule has 0 radical (unpaired) electrons. The van der Waals surface area contributed by atoms with E-state index in [0.717, 1.165) is 34.5 Å². The summed E-state index contributed by atoms with van der Waals surface area (Å²) in [5.41, 5.74) is 2.04. The van der Waals surface area contributed by atoms with E-state index in [1.54, 1.807) is 12.1 Å². The van der Waals surface area contributed by atoms with Gasteiger partial charge in [-0.3, -0.25) is 9.52 Å². The lowest BCUT2D eigenvalue weighted by Gasteiger charge is -2.12. The van der Waals surface area contributed by atoms with Crippen molar-refractivity contribution < 1.29 is 26.7 Å². The van der Waals surface area contributed by atoms with Crippen LogP contribution in [0.15, 0.2) is 59.6 Å². The Kier molecular flexibility index (Phi) is 6.64. The Labute approximate surface area is 201 Å². The van der Waals surface area contributed by atoms with Crippen molar-refractivity contribution in [2.24, 2.45) is 0 Å². The first kappa shape index (κ1) is 23.8. The molecule has 2 aromatic heterocycles. The number of nitrogens with zero attached hydrogens (tertiary/aromatic N) is 2. The zero-order valence-electron chi connectivity index (χ0n) is 17.3. The number of nitrogens with one attached hydrogen (secondary N) is 2. The molecule has 13 heteroatoms. The highest BCUT2D eigenvalue weighted by molar-refractivity contribution is 7.92. The second-order valence-electron chi connectivity index (χ2n) is 6.90. The summed E-state index contributed by atoms with van der Waals surface area (Å²) in [6.45, 7) is -1.63. The van der Waals surface area contributed by atoms with Gasteiger partial charge in [-0.15, -0.1) is 0 Å². The number of carbonyl (C=O) groups is 1. The van der Waals surface area contributed by atoms with Crippen LogP contribution in [0.1, 0.15) is 6.92 Å². The van der Waals surface area contributed by atoms with Crippen molar-refractivity contribution in [3.05, 3.63) is 59.9 Å². The van der Waals surface area contributed by atoms with Crippen LogP contribution in [0.2, 0.25) is 5.15 Å². The third kappa shape index (κ3) is 5.41. The molecule has 0 saturated carbocycles. The average molecular weight is 525 g/mol. The minimum atomic E-state index is -4.09. The number of pyridine rings is 1. The van der Waals surface area contributed by atoms with Gasteiger partial charge in [-0.2, -0.15) is 8.78 Å². The maximum Gasteiger partial charge on any atom is 0.387 e. The lowest BCUT2D eigenvalue weighted by atomic mass is 10.1. The van der Waals surface area contributed by atoms with E-state index in [1.807, 2.05) is 6.07 Å². The van der Waals surface area contributed by atoms with Gasteiger partial charge >= 0.3 is 6.61 Å². The SMILES string of the molecule is CC(=O)Nc1nc2ccc(-c3cnc(Cl)c(NS(=O)(=O)c4ccc(OC(F)F)cc4)c3)cc2s1. The summed E-state index contributed by atoms with van der Waals surface area (Å²) < 4.78 is 57.6. The second-order valence-corrected chi connectivity index (χ2v) is 9.97. The number of ether oxygens (including phenoxy) is 1. The zero-order chi connectivity index (χ0) is 24.5. The highest BCUT2D eigenvalue weighted by Crippen LogP contribution is 2.33. The van der Waals surface area contributed by atoms with E-state index >= 15 is 0 Å². The van der Waals surface area contributed by atoms with Gasteiger partial charge in [0.05, 0.1) is 20.8 Å². The molecular formula is C21H15ClF2N4O4S2. The second kappa shape index (κ2) is 9.49. The monoisotopic (exact) mass is 524 g/mol. The van der Waals surface area contributed by atoms with Gasteiger partial charge in [0.25, 0.3) is 10.0 Å². The fraction of sp³-hybridized carbons (Fsp3) is 0.0952. The first-order valence-electron chi connectivity index (χ1n) is 9.52. The molecule has 0 aliphatic carbocycles. The predicted molar refractivity (Wildman–Crippen MR) is 126 cm³/mol. The van der Waals surface area contributed by atoms with E-state index in [9.17, 15) is 22.0 Å². The average Bonchev–Trinajstić information content (AvgIpc) is 3.15. The van der Waals surface area contributed by atoms with Gasteiger partial charge in [0.15, 0.2) is 10.3 Å². The van der Waals surface area contributed by atoms with Crippen LogP contribution in [0, 0.1) is 0 Å². The molecule has 0 saturated heterocycles. The van der Waals surface area contributed by atoms with Crippen molar-refractivity contribution in [2.75, 3.05) is 10.0 Å². The molecule has 2 N–H and O–H groups in total. The summed E-state index contributed by atoms with van der Waals surface area (Å²) >= 11 is 7.41. The van der Waals surface area contributed by atoms with Crippen molar-refractivity contribution in [2.45, 2.75) is 18.4 Å². The normalized spacial score (nSPS) is 11.6. The van der Waals surface area contributed by atoms with E-state index in [1.165, 1.54) is 30.5 Å². The molecule has 0 fully saturated rings. The van der Waals surface area contributed by atoms with Crippen LogP contribution in [0.25, 0.3) is 21.3 Å². The van der Waals surface area contributed by atoms with E-state index in [4.69, 9.17) is 11.6 Å². The molecule has 4 rings (SSSR count). The fourth-order valence-corrected chi connectivity index (χ4v) is 5.20. The first-order valence-corrected chi connectivity index (χ1v) is 12.2. The summed E-state index contributed by atoms with van der Waals surface area (Å²) in [6.07, 6.45) is 1.49. The van der Waals surface area contributed by atoms with Gasteiger partial charge in [-0.05, 0) is 48.0 Å². The number of aromatic nitrogens is 2. The first-order chi connectivity index (χ1) is 16.1. The molecule has 34 heavy (non-hydrogen) atoms. The number of thiazole rings is 1. The number of benzene rings is 2. The van der Waals surface area contributed by atoms with Gasteiger partial charge in [-0.1, -0.05) is 29.0 Å². The number of hydrogen-bond donors (Lipinski definition) is 2. The van der Waals surface area contributed by atoms with Crippen LogP contribution < -0.4 is 14.8 Å². The predicted octanol–water partition coefficient (Wildman–Crippen LogP) is 5.37. The maximum atomic E-state index is 12.8. The van der Waals surface area contributed by atoms with Crippen LogP contribution in [-0.4, -0.2) is 30.9 Å². The van der Waals surface area contributed by atoms with Gasteiger partial charge in [-0.25, -0.2) is 18.4 Å². The quantitative estimate of drug-likeness (QED) is 0.314. The maximum absolute atomic E-state index is 12.8. The summed E-state index contributed by atoms with van der Waals surface area (Å²) in [4.78, 5) is 19.5. The molecule has 8 nitrogen and oxygen atoms in total.